The Morgan fingerprint density at radius 2 is 2.33 bits per heavy atom. The fourth-order valence-electron chi connectivity index (χ4n) is 2.05. The summed E-state index contributed by atoms with van der Waals surface area (Å²) in [5.74, 6) is 0.743. The highest BCUT2D eigenvalue weighted by molar-refractivity contribution is 7.15. The zero-order chi connectivity index (χ0) is 12.4. The third-order valence-corrected chi connectivity index (χ3v) is 4.98. The van der Waals surface area contributed by atoms with Crippen LogP contribution in [0.15, 0.2) is 16.8 Å². The number of rotatable bonds is 6. The second-order valence-electron chi connectivity index (χ2n) is 4.79. The number of hydrogen-bond acceptors (Lipinski definition) is 4. The fraction of sp³-hybridized carbons (Fsp3) is 0.500. The Labute approximate surface area is 116 Å². The van der Waals surface area contributed by atoms with Crippen molar-refractivity contribution in [3.63, 3.8) is 0 Å². The maximum absolute atomic E-state index is 4.88. The van der Waals surface area contributed by atoms with Gasteiger partial charge in [-0.3, -0.25) is 0 Å². The summed E-state index contributed by atoms with van der Waals surface area (Å²) in [4.78, 5) is 6.33. The maximum Gasteiger partial charge on any atom is 0.124 e. The maximum atomic E-state index is 4.88. The molecule has 4 heteroatoms. The van der Waals surface area contributed by atoms with Gasteiger partial charge in [-0.15, -0.1) is 11.3 Å². The molecule has 1 N–H and O–H groups in total. The van der Waals surface area contributed by atoms with Crippen LogP contribution in [0.2, 0.25) is 0 Å². The number of aromatic nitrogens is 1. The highest BCUT2D eigenvalue weighted by Crippen LogP contribution is 2.44. The van der Waals surface area contributed by atoms with E-state index in [2.05, 4.69) is 29.1 Å². The van der Waals surface area contributed by atoms with Crippen molar-refractivity contribution in [1.82, 2.24) is 10.3 Å². The van der Waals surface area contributed by atoms with E-state index in [0.717, 1.165) is 19.0 Å². The normalized spacial score (nSPS) is 15.2. The van der Waals surface area contributed by atoms with Gasteiger partial charge in [0.2, 0.25) is 0 Å². The minimum atomic E-state index is 0.743. The minimum absolute atomic E-state index is 0.743. The summed E-state index contributed by atoms with van der Waals surface area (Å²) in [6.45, 7) is 4.29. The van der Waals surface area contributed by atoms with Crippen molar-refractivity contribution in [2.24, 2.45) is 0 Å². The lowest BCUT2D eigenvalue weighted by atomic mass is 10.2. The number of nitrogens with one attached hydrogen (secondary N) is 1. The van der Waals surface area contributed by atoms with E-state index in [1.165, 1.54) is 40.4 Å². The van der Waals surface area contributed by atoms with Gasteiger partial charge in [-0.2, -0.15) is 11.3 Å². The van der Waals surface area contributed by atoms with Gasteiger partial charge >= 0.3 is 0 Å². The van der Waals surface area contributed by atoms with Gasteiger partial charge in [0.15, 0.2) is 0 Å². The Balaban J connectivity index is 1.82. The molecule has 18 heavy (non-hydrogen) atoms. The van der Waals surface area contributed by atoms with E-state index in [1.807, 2.05) is 11.3 Å². The standard InChI is InChI=1S/C14H18N2S2/c1-2-6-15-8-12-13(10-3-4-10)16-14(18-12)11-5-7-17-9-11/h5,7,9-10,15H,2-4,6,8H2,1H3. The van der Waals surface area contributed by atoms with Gasteiger partial charge in [0.05, 0.1) is 5.69 Å². The molecule has 0 bridgehead atoms. The van der Waals surface area contributed by atoms with Crippen molar-refractivity contribution >= 4 is 22.7 Å². The van der Waals surface area contributed by atoms with E-state index in [9.17, 15) is 0 Å². The summed E-state index contributed by atoms with van der Waals surface area (Å²) >= 11 is 3.62. The zero-order valence-electron chi connectivity index (χ0n) is 10.6. The van der Waals surface area contributed by atoms with Crippen LogP contribution in [0.25, 0.3) is 10.6 Å². The lowest BCUT2D eigenvalue weighted by Crippen LogP contribution is -2.13. The van der Waals surface area contributed by atoms with Crippen molar-refractivity contribution in [3.05, 3.63) is 27.4 Å². The van der Waals surface area contributed by atoms with E-state index in [4.69, 9.17) is 4.98 Å². The Morgan fingerprint density at radius 1 is 1.44 bits per heavy atom. The summed E-state index contributed by atoms with van der Waals surface area (Å²) < 4.78 is 0. The molecule has 96 valence electrons. The molecule has 1 aliphatic carbocycles. The molecular weight excluding hydrogens is 260 g/mol. The van der Waals surface area contributed by atoms with E-state index in [0.29, 0.717) is 0 Å². The summed E-state index contributed by atoms with van der Waals surface area (Å²) in [5.41, 5.74) is 2.65. The summed E-state index contributed by atoms with van der Waals surface area (Å²) in [6, 6.07) is 2.17. The number of thiazole rings is 1. The molecule has 1 saturated carbocycles. The molecule has 2 aromatic rings. The SMILES string of the molecule is CCCNCc1sc(-c2ccsc2)nc1C1CC1. The molecule has 0 atom stereocenters. The predicted octanol–water partition coefficient (Wildman–Crippen LogP) is 4.25. The quantitative estimate of drug-likeness (QED) is 0.799. The first-order valence-electron chi connectivity index (χ1n) is 6.61. The third-order valence-electron chi connectivity index (χ3n) is 3.17. The van der Waals surface area contributed by atoms with E-state index >= 15 is 0 Å². The molecule has 0 aliphatic heterocycles. The lowest BCUT2D eigenvalue weighted by molar-refractivity contribution is 0.676. The molecule has 2 nitrogen and oxygen atoms in total. The minimum Gasteiger partial charge on any atom is -0.312 e. The molecule has 0 unspecified atom stereocenters. The first-order valence-corrected chi connectivity index (χ1v) is 8.37. The van der Waals surface area contributed by atoms with E-state index in [-0.39, 0.29) is 0 Å². The van der Waals surface area contributed by atoms with Gasteiger partial charge in [-0.25, -0.2) is 4.98 Å². The summed E-state index contributed by atoms with van der Waals surface area (Å²) in [6.07, 6.45) is 3.84. The van der Waals surface area contributed by atoms with Crippen LogP contribution >= 0.6 is 22.7 Å². The van der Waals surface area contributed by atoms with Gasteiger partial charge in [0, 0.05) is 28.3 Å². The molecule has 0 saturated heterocycles. The van der Waals surface area contributed by atoms with Crippen LogP contribution in [-0.4, -0.2) is 11.5 Å². The predicted molar refractivity (Wildman–Crippen MR) is 79.4 cm³/mol. The van der Waals surface area contributed by atoms with Crippen molar-refractivity contribution in [2.75, 3.05) is 6.54 Å². The number of thiophene rings is 1. The largest absolute Gasteiger partial charge is 0.312 e. The molecule has 1 aliphatic rings. The van der Waals surface area contributed by atoms with Gasteiger partial charge < -0.3 is 5.32 Å². The monoisotopic (exact) mass is 278 g/mol. The molecule has 0 radical (unpaired) electrons. The van der Waals surface area contributed by atoms with Crippen LogP contribution in [-0.2, 0) is 6.54 Å². The van der Waals surface area contributed by atoms with Crippen molar-refractivity contribution < 1.29 is 0 Å². The zero-order valence-corrected chi connectivity index (χ0v) is 12.2. The highest BCUT2D eigenvalue weighted by Gasteiger charge is 2.29. The van der Waals surface area contributed by atoms with Gasteiger partial charge in [-0.1, -0.05) is 6.92 Å². The number of hydrogen-bond donors (Lipinski definition) is 1. The van der Waals surface area contributed by atoms with Crippen LogP contribution in [0.5, 0.6) is 0 Å². The second-order valence-corrected chi connectivity index (χ2v) is 6.65. The highest BCUT2D eigenvalue weighted by atomic mass is 32.1. The van der Waals surface area contributed by atoms with Crippen LogP contribution in [0.4, 0.5) is 0 Å². The first kappa shape index (κ1) is 12.3. The lowest BCUT2D eigenvalue weighted by Gasteiger charge is -2.01. The van der Waals surface area contributed by atoms with Crippen molar-refractivity contribution in [3.8, 4) is 10.6 Å². The average molecular weight is 278 g/mol. The Bertz CT molecular complexity index is 498. The van der Waals surface area contributed by atoms with Gasteiger partial charge in [0.25, 0.3) is 0 Å². The van der Waals surface area contributed by atoms with E-state index < -0.39 is 0 Å². The van der Waals surface area contributed by atoms with Gasteiger partial charge in [-0.05, 0) is 37.3 Å². The fourth-order valence-corrected chi connectivity index (χ4v) is 3.88. The Hall–Kier alpha value is -0.710. The molecule has 0 spiro atoms. The average Bonchev–Trinajstić information content (AvgIpc) is 2.93. The molecule has 2 heterocycles. The molecule has 0 amide bonds. The van der Waals surface area contributed by atoms with E-state index in [1.54, 1.807) is 11.3 Å². The first-order chi connectivity index (χ1) is 8.88. The van der Waals surface area contributed by atoms with Crippen LogP contribution < -0.4 is 5.32 Å². The third kappa shape index (κ3) is 2.66. The Morgan fingerprint density at radius 3 is 3.00 bits per heavy atom. The summed E-state index contributed by atoms with van der Waals surface area (Å²) in [7, 11) is 0. The van der Waals surface area contributed by atoms with Crippen LogP contribution in [0.1, 0.15) is 42.7 Å². The van der Waals surface area contributed by atoms with Crippen LogP contribution in [0.3, 0.4) is 0 Å². The van der Waals surface area contributed by atoms with Gasteiger partial charge in [0.1, 0.15) is 5.01 Å². The van der Waals surface area contributed by atoms with Crippen molar-refractivity contribution in [1.29, 1.82) is 0 Å². The number of nitrogens with zero attached hydrogens (tertiary/aromatic N) is 1. The summed E-state index contributed by atoms with van der Waals surface area (Å²) in [5, 5.41) is 9.03. The molecular formula is C14H18N2S2. The molecule has 0 aromatic carbocycles. The smallest absolute Gasteiger partial charge is 0.124 e. The molecule has 1 fully saturated rings. The van der Waals surface area contributed by atoms with Crippen LogP contribution in [0, 0.1) is 0 Å². The topological polar surface area (TPSA) is 24.9 Å². The Kier molecular flexibility index (Phi) is 3.77. The second kappa shape index (κ2) is 5.51. The molecule has 3 rings (SSSR count). The van der Waals surface area contributed by atoms with Crippen molar-refractivity contribution in [2.45, 2.75) is 38.6 Å². The molecule has 2 aromatic heterocycles.